The summed E-state index contributed by atoms with van der Waals surface area (Å²) in [7, 11) is 3.20. The summed E-state index contributed by atoms with van der Waals surface area (Å²) < 4.78 is 10.6. The molecule has 5 heteroatoms. The third-order valence-corrected chi connectivity index (χ3v) is 3.75. The predicted octanol–water partition coefficient (Wildman–Crippen LogP) is 1.20. The molecule has 1 fully saturated rings. The number of carbonyl (C=O) groups excluding carboxylic acids is 1. The molecular weight excluding hydrogens is 256 g/mol. The third-order valence-electron chi connectivity index (χ3n) is 3.75. The molecule has 2 N–H and O–H groups in total. The van der Waals surface area contributed by atoms with E-state index in [1.54, 1.807) is 14.2 Å². The normalized spacial score (nSPS) is 16.1. The van der Waals surface area contributed by atoms with Crippen LogP contribution in [0.3, 0.4) is 0 Å². The molecule has 0 bridgehead atoms. The molecule has 1 aliphatic rings. The van der Waals surface area contributed by atoms with Crippen LogP contribution < -0.4 is 15.2 Å². The van der Waals surface area contributed by atoms with Gasteiger partial charge in [0.15, 0.2) is 0 Å². The van der Waals surface area contributed by atoms with E-state index in [2.05, 4.69) is 0 Å². The first-order valence-electron chi connectivity index (χ1n) is 6.89. The average Bonchev–Trinajstić information content (AvgIpc) is 2.48. The standard InChI is InChI=1S/C15H22N2O3/c1-19-13-4-3-5-14(20-2)12(13)10-15(18)17-8-6-11(16)7-9-17/h3-5,11H,6-10,16H2,1-2H3. The van der Waals surface area contributed by atoms with Gasteiger partial charge in [-0.25, -0.2) is 0 Å². The number of nitrogens with zero attached hydrogens (tertiary/aromatic N) is 1. The highest BCUT2D eigenvalue weighted by molar-refractivity contribution is 5.80. The first kappa shape index (κ1) is 14.7. The number of benzene rings is 1. The first-order valence-corrected chi connectivity index (χ1v) is 6.89. The number of methoxy groups -OCH3 is 2. The Morgan fingerprint density at radius 2 is 1.80 bits per heavy atom. The van der Waals surface area contributed by atoms with Crippen molar-refractivity contribution in [1.82, 2.24) is 4.90 Å². The first-order chi connectivity index (χ1) is 9.65. The van der Waals surface area contributed by atoms with Crippen LogP contribution in [-0.4, -0.2) is 44.2 Å². The fourth-order valence-electron chi connectivity index (χ4n) is 2.51. The van der Waals surface area contributed by atoms with Crippen LogP contribution in [0.25, 0.3) is 0 Å². The summed E-state index contributed by atoms with van der Waals surface area (Å²) in [5.74, 6) is 1.47. The number of hydrogen-bond acceptors (Lipinski definition) is 4. The van der Waals surface area contributed by atoms with E-state index in [-0.39, 0.29) is 11.9 Å². The van der Waals surface area contributed by atoms with Gasteiger partial charge in [0, 0.05) is 24.7 Å². The van der Waals surface area contributed by atoms with Gasteiger partial charge in [0.05, 0.1) is 20.6 Å². The number of amides is 1. The summed E-state index contributed by atoms with van der Waals surface area (Å²) in [5.41, 5.74) is 6.67. The van der Waals surface area contributed by atoms with Crippen LogP contribution in [0.15, 0.2) is 18.2 Å². The lowest BCUT2D eigenvalue weighted by molar-refractivity contribution is -0.131. The van der Waals surface area contributed by atoms with Gasteiger partial charge in [-0.3, -0.25) is 4.79 Å². The minimum absolute atomic E-state index is 0.0969. The van der Waals surface area contributed by atoms with E-state index in [0.717, 1.165) is 31.5 Å². The van der Waals surface area contributed by atoms with Gasteiger partial charge >= 0.3 is 0 Å². The van der Waals surface area contributed by atoms with Crippen molar-refractivity contribution in [2.75, 3.05) is 27.3 Å². The fourth-order valence-corrected chi connectivity index (χ4v) is 2.51. The van der Waals surface area contributed by atoms with Crippen LogP contribution in [-0.2, 0) is 11.2 Å². The van der Waals surface area contributed by atoms with E-state index < -0.39 is 0 Å². The number of ether oxygens (including phenoxy) is 2. The molecule has 0 atom stereocenters. The highest BCUT2D eigenvalue weighted by Gasteiger charge is 2.22. The van der Waals surface area contributed by atoms with Crippen LogP contribution in [0, 0.1) is 0 Å². The molecule has 0 unspecified atom stereocenters. The molecule has 20 heavy (non-hydrogen) atoms. The quantitative estimate of drug-likeness (QED) is 0.898. The maximum absolute atomic E-state index is 12.4. The van der Waals surface area contributed by atoms with Gasteiger partial charge in [-0.1, -0.05) is 6.07 Å². The molecule has 1 aliphatic heterocycles. The molecule has 2 rings (SSSR count). The number of piperidine rings is 1. The Kier molecular flexibility index (Phi) is 4.84. The number of likely N-dealkylation sites (tertiary alicyclic amines) is 1. The van der Waals surface area contributed by atoms with E-state index in [9.17, 15) is 4.79 Å². The van der Waals surface area contributed by atoms with E-state index in [4.69, 9.17) is 15.2 Å². The van der Waals surface area contributed by atoms with Crippen molar-refractivity contribution < 1.29 is 14.3 Å². The summed E-state index contributed by atoms with van der Waals surface area (Å²) >= 11 is 0. The van der Waals surface area contributed by atoms with Gasteiger partial charge in [-0.2, -0.15) is 0 Å². The van der Waals surface area contributed by atoms with E-state index in [1.807, 2.05) is 23.1 Å². The van der Waals surface area contributed by atoms with E-state index in [0.29, 0.717) is 17.9 Å². The topological polar surface area (TPSA) is 64.8 Å². The molecule has 1 amide bonds. The molecular formula is C15H22N2O3. The largest absolute Gasteiger partial charge is 0.496 e. The number of carbonyl (C=O) groups is 1. The Labute approximate surface area is 119 Å². The van der Waals surface area contributed by atoms with Gasteiger partial charge in [-0.05, 0) is 25.0 Å². The maximum Gasteiger partial charge on any atom is 0.227 e. The monoisotopic (exact) mass is 278 g/mol. The molecule has 1 aromatic carbocycles. The predicted molar refractivity (Wildman–Crippen MR) is 77.0 cm³/mol. The smallest absolute Gasteiger partial charge is 0.227 e. The van der Waals surface area contributed by atoms with E-state index in [1.165, 1.54) is 0 Å². The van der Waals surface area contributed by atoms with Crippen LogP contribution in [0.4, 0.5) is 0 Å². The summed E-state index contributed by atoms with van der Waals surface area (Å²) in [6.45, 7) is 1.47. The Bertz CT molecular complexity index is 446. The third kappa shape index (κ3) is 3.22. The molecule has 0 saturated carbocycles. The van der Waals surface area contributed by atoms with Crippen LogP contribution in [0.1, 0.15) is 18.4 Å². The molecule has 0 radical (unpaired) electrons. The second-order valence-electron chi connectivity index (χ2n) is 5.04. The zero-order valence-electron chi connectivity index (χ0n) is 12.1. The average molecular weight is 278 g/mol. The SMILES string of the molecule is COc1cccc(OC)c1CC(=O)N1CCC(N)CC1. The van der Waals surface area contributed by atoms with Crippen LogP contribution in [0.5, 0.6) is 11.5 Å². The summed E-state index contributed by atoms with van der Waals surface area (Å²) in [6, 6.07) is 5.76. The van der Waals surface area contributed by atoms with Gasteiger partial charge in [0.1, 0.15) is 11.5 Å². The zero-order valence-corrected chi connectivity index (χ0v) is 12.1. The molecule has 0 spiro atoms. The minimum atomic E-state index is 0.0969. The Hall–Kier alpha value is -1.75. The lowest BCUT2D eigenvalue weighted by atomic mass is 10.0. The molecule has 0 aromatic heterocycles. The Balaban J connectivity index is 2.11. The van der Waals surface area contributed by atoms with Crippen molar-refractivity contribution in [2.45, 2.75) is 25.3 Å². The van der Waals surface area contributed by atoms with Crippen molar-refractivity contribution >= 4 is 5.91 Å². The van der Waals surface area contributed by atoms with Gasteiger partial charge < -0.3 is 20.1 Å². The summed E-state index contributed by atoms with van der Waals surface area (Å²) in [5, 5.41) is 0. The maximum atomic E-state index is 12.4. The fraction of sp³-hybridized carbons (Fsp3) is 0.533. The molecule has 5 nitrogen and oxygen atoms in total. The second kappa shape index (κ2) is 6.61. The number of rotatable bonds is 4. The summed E-state index contributed by atoms with van der Waals surface area (Å²) in [4.78, 5) is 14.3. The molecule has 110 valence electrons. The lowest BCUT2D eigenvalue weighted by Crippen LogP contribution is -2.43. The highest BCUT2D eigenvalue weighted by atomic mass is 16.5. The Morgan fingerprint density at radius 3 is 2.30 bits per heavy atom. The highest BCUT2D eigenvalue weighted by Crippen LogP contribution is 2.29. The summed E-state index contributed by atoms with van der Waals surface area (Å²) in [6.07, 6.45) is 2.03. The van der Waals surface area contributed by atoms with Crippen molar-refractivity contribution in [3.8, 4) is 11.5 Å². The molecule has 1 aromatic rings. The van der Waals surface area contributed by atoms with Gasteiger partial charge in [0.2, 0.25) is 5.91 Å². The van der Waals surface area contributed by atoms with Crippen molar-refractivity contribution in [2.24, 2.45) is 5.73 Å². The minimum Gasteiger partial charge on any atom is -0.496 e. The van der Waals surface area contributed by atoms with Crippen molar-refractivity contribution in [3.05, 3.63) is 23.8 Å². The van der Waals surface area contributed by atoms with Gasteiger partial charge in [0.25, 0.3) is 0 Å². The lowest BCUT2D eigenvalue weighted by Gasteiger charge is -2.30. The van der Waals surface area contributed by atoms with Gasteiger partial charge in [-0.15, -0.1) is 0 Å². The molecule has 1 saturated heterocycles. The second-order valence-corrected chi connectivity index (χ2v) is 5.04. The zero-order chi connectivity index (χ0) is 14.5. The Morgan fingerprint density at radius 1 is 1.25 bits per heavy atom. The molecule has 1 heterocycles. The number of hydrogen-bond donors (Lipinski definition) is 1. The van der Waals surface area contributed by atoms with Crippen LogP contribution >= 0.6 is 0 Å². The number of nitrogens with two attached hydrogens (primary N) is 1. The van der Waals surface area contributed by atoms with E-state index >= 15 is 0 Å². The van der Waals surface area contributed by atoms with Crippen molar-refractivity contribution in [1.29, 1.82) is 0 Å². The van der Waals surface area contributed by atoms with Crippen LogP contribution in [0.2, 0.25) is 0 Å². The van der Waals surface area contributed by atoms with Crippen molar-refractivity contribution in [3.63, 3.8) is 0 Å². The molecule has 0 aliphatic carbocycles.